The fourth-order valence-corrected chi connectivity index (χ4v) is 3.15. The lowest BCUT2D eigenvalue weighted by molar-refractivity contribution is 0.101. The van der Waals surface area contributed by atoms with Gasteiger partial charge in [-0.2, -0.15) is 0 Å². The van der Waals surface area contributed by atoms with Crippen LogP contribution in [0.3, 0.4) is 0 Å². The van der Waals surface area contributed by atoms with Crippen molar-refractivity contribution in [2.24, 2.45) is 0 Å². The molecular weight excluding hydrogens is 350 g/mol. The first-order valence-corrected chi connectivity index (χ1v) is 9.06. The monoisotopic (exact) mass is 373 g/mol. The lowest BCUT2D eigenvalue weighted by Gasteiger charge is -2.13. The summed E-state index contributed by atoms with van der Waals surface area (Å²) in [5, 5.41) is 6.19. The summed E-state index contributed by atoms with van der Waals surface area (Å²) in [4.78, 5) is 28.3. The Morgan fingerprint density at radius 2 is 1.46 bits per heavy atom. The van der Waals surface area contributed by atoms with Gasteiger partial charge < -0.3 is 10.6 Å². The second kappa shape index (κ2) is 8.05. The number of carbonyl (C=O) groups is 2. The van der Waals surface area contributed by atoms with Crippen molar-refractivity contribution in [3.63, 3.8) is 0 Å². The van der Waals surface area contributed by atoms with E-state index < -0.39 is 0 Å². The Labute approximate surface area is 164 Å². The third-order valence-corrected chi connectivity index (χ3v) is 4.50. The van der Waals surface area contributed by atoms with Crippen molar-refractivity contribution in [3.05, 3.63) is 82.7 Å². The summed E-state index contributed by atoms with van der Waals surface area (Å²) in [5.41, 5.74) is 6.67. The standard InChI is InChI=1S/C23H23N3O2/c1-14-9-15(2)22(16(3)10-14)26-23(28)19-11-21(13-24-12-19)25-20-7-5-18(6-8-20)17(4)27/h5-13,25H,1-4H3,(H,26,28). The number of amides is 1. The van der Waals surface area contributed by atoms with E-state index >= 15 is 0 Å². The summed E-state index contributed by atoms with van der Waals surface area (Å²) in [6.07, 6.45) is 3.19. The molecule has 1 heterocycles. The quantitative estimate of drug-likeness (QED) is 0.603. The normalized spacial score (nSPS) is 10.4. The lowest BCUT2D eigenvalue weighted by Crippen LogP contribution is -2.14. The summed E-state index contributed by atoms with van der Waals surface area (Å²) >= 11 is 0. The van der Waals surface area contributed by atoms with Crippen molar-refractivity contribution in [2.45, 2.75) is 27.7 Å². The molecule has 0 spiro atoms. The predicted molar refractivity (Wildman–Crippen MR) is 113 cm³/mol. The molecule has 0 unspecified atom stereocenters. The molecule has 28 heavy (non-hydrogen) atoms. The number of nitrogens with zero attached hydrogens (tertiary/aromatic N) is 1. The van der Waals surface area contributed by atoms with Gasteiger partial charge >= 0.3 is 0 Å². The van der Waals surface area contributed by atoms with Crippen molar-refractivity contribution in [2.75, 3.05) is 10.6 Å². The highest BCUT2D eigenvalue weighted by atomic mass is 16.1. The minimum atomic E-state index is -0.210. The van der Waals surface area contributed by atoms with Gasteiger partial charge in [-0.05, 0) is 69.2 Å². The first kappa shape index (κ1) is 19.3. The average molecular weight is 373 g/mol. The van der Waals surface area contributed by atoms with Gasteiger partial charge in [0.1, 0.15) is 0 Å². The molecule has 0 radical (unpaired) electrons. The van der Waals surface area contributed by atoms with Gasteiger partial charge in [0.05, 0.1) is 17.4 Å². The molecule has 5 nitrogen and oxygen atoms in total. The first-order chi connectivity index (χ1) is 13.3. The van der Waals surface area contributed by atoms with Crippen LogP contribution < -0.4 is 10.6 Å². The Balaban J connectivity index is 1.77. The SMILES string of the molecule is CC(=O)c1ccc(Nc2cncc(C(=O)Nc3c(C)cc(C)cc3C)c2)cc1. The van der Waals surface area contributed by atoms with Gasteiger partial charge in [-0.25, -0.2) is 0 Å². The maximum Gasteiger partial charge on any atom is 0.257 e. The highest BCUT2D eigenvalue weighted by Crippen LogP contribution is 2.23. The summed E-state index contributed by atoms with van der Waals surface area (Å²) in [7, 11) is 0. The summed E-state index contributed by atoms with van der Waals surface area (Å²) in [6, 6.07) is 13.0. The number of anilines is 3. The zero-order valence-corrected chi connectivity index (χ0v) is 16.5. The molecule has 1 aromatic heterocycles. The molecule has 0 saturated heterocycles. The lowest BCUT2D eigenvalue weighted by atomic mass is 10.0. The molecule has 5 heteroatoms. The van der Waals surface area contributed by atoms with E-state index in [0.717, 1.165) is 28.1 Å². The zero-order valence-electron chi connectivity index (χ0n) is 16.5. The van der Waals surface area contributed by atoms with Gasteiger partial charge in [0.15, 0.2) is 5.78 Å². The molecule has 0 bridgehead atoms. The largest absolute Gasteiger partial charge is 0.354 e. The molecule has 0 aliphatic carbocycles. The Hall–Kier alpha value is -3.47. The molecule has 3 rings (SSSR count). The molecule has 0 fully saturated rings. The van der Waals surface area contributed by atoms with Crippen LogP contribution in [0.1, 0.15) is 44.3 Å². The number of aromatic nitrogens is 1. The molecule has 2 aromatic carbocycles. The topological polar surface area (TPSA) is 71.1 Å². The highest BCUT2D eigenvalue weighted by molar-refractivity contribution is 6.05. The van der Waals surface area contributed by atoms with Crippen LogP contribution >= 0.6 is 0 Å². The zero-order chi connectivity index (χ0) is 20.3. The molecule has 0 atom stereocenters. The minimum Gasteiger partial charge on any atom is -0.354 e. The van der Waals surface area contributed by atoms with Crippen LogP contribution in [0.2, 0.25) is 0 Å². The third-order valence-electron chi connectivity index (χ3n) is 4.50. The van der Waals surface area contributed by atoms with Crippen molar-refractivity contribution in [1.29, 1.82) is 0 Å². The van der Waals surface area contributed by atoms with Crippen LogP contribution in [-0.4, -0.2) is 16.7 Å². The fraction of sp³-hybridized carbons (Fsp3) is 0.174. The summed E-state index contributed by atoms with van der Waals surface area (Å²) < 4.78 is 0. The van der Waals surface area contributed by atoms with E-state index in [9.17, 15) is 9.59 Å². The number of rotatable bonds is 5. The van der Waals surface area contributed by atoms with E-state index in [1.807, 2.05) is 45.0 Å². The van der Waals surface area contributed by atoms with Gasteiger partial charge in [0, 0.05) is 23.1 Å². The van der Waals surface area contributed by atoms with Crippen LogP contribution in [0.4, 0.5) is 17.1 Å². The summed E-state index contributed by atoms with van der Waals surface area (Å²) in [5.74, 6) is -0.188. The van der Waals surface area contributed by atoms with Gasteiger partial charge in [-0.1, -0.05) is 17.7 Å². The Kier molecular flexibility index (Phi) is 5.54. The van der Waals surface area contributed by atoms with Crippen LogP contribution in [0, 0.1) is 20.8 Å². The van der Waals surface area contributed by atoms with Crippen molar-refractivity contribution >= 4 is 28.8 Å². The van der Waals surface area contributed by atoms with Crippen LogP contribution in [0.25, 0.3) is 0 Å². The predicted octanol–water partition coefficient (Wildman–Crippen LogP) is 5.21. The number of benzene rings is 2. The summed E-state index contributed by atoms with van der Waals surface area (Å²) in [6.45, 7) is 7.53. The van der Waals surface area contributed by atoms with Gasteiger partial charge in [0.25, 0.3) is 5.91 Å². The second-order valence-electron chi connectivity index (χ2n) is 6.95. The van der Waals surface area contributed by atoms with E-state index in [2.05, 4.69) is 15.6 Å². The van der Waals surface area contributed by atoms with Crippen LogP contribution in [0.5, 0.6) is 0 Å². The number of aryl methyl sites for hydroxylation is 3. The molecule has 142 valence electrons. The third kappa shape index (κ3) is 4.43. The van der Waals surface area contributed by atoms with E-state index in [1.54, 1.807) is 24.4 Å². The van der Waals surface area contributed by atoms with E-state index in [0.29, 0.717) is 16.8 Å². The number of nitrogens with one attached hydrogen (secondary N) is 2. The fourth-order valence-electron chi connectivity index (χ4n) is 3.15. The number of pyridine rings is 1. The molecular formula is C23H23N3O2. The number of ketones is 1. The smallest absolute Gasteiger partial charge is 0.257 e. The first-order valence-electron chi connectivity index (χ1n) is 9.06. The van der Waals surface area contributed by atoms with E-state index in [1.165, 1.54) is 13.1 Å². The van der Waals surface area contributed by atoms with Gasteiger partial charge in [-0.15, -0.1) is 0 Å². The Bertz CT molecular complexity index is 1020. The number of hydrogen-bond donors (Lipinski definition) is 2. The van der Waals surface area contributed by atoms with E-state index in [4.69, 9.17) is 0 Å². The molecule has 0 aliphatic rings. The van der Waals surface area contributed by atoms with E-state index in [-0.39, 0.29) is 11.7 Å². The molecule has 0 aliphatic heterocycles. The van der Waals surface area contributed by atoms with Crippen LogP contribution in [-0.2, 0) is 0 Å². The Morgan fingerprint density at radius 3 is 2.07 bits per heavy atom. The number of Topliss-reactive ketones (excluding diaryl/α,β-unsaturated/α-hetero) is 1. The Morgan fingerprint density at radius 1 is 0.821 bits per heavy atom. The highest BCUT2D eigenvalue weighted by Gasteiger charge is 2.11. The van der Waals surface area contributed by atoms with Crippen molar-refractivity contribution in [3.8, 4) is 0 Å². The second-order valence-corrected chi connectivity index (χ2v) is 6.95. The van der Waals surface area contributed by atoms with Crippen LogP contribution in [0.15, 0.2) is 54.9 Å². The molecule has 2 N–H and O–H groups in total. The van der Waals surface area contributed by atoms with Gasteiger partial charge in [-0.3, -0.25) is 14.6 Å². The average Bonchev–Trinajstić information content (AvgIpc) is 2.65. The van der Waals surface area contributed by atoms with Crippen molar-refractivity contribution in [1.82, 2.24) is 4.98 Å². The van der Waals surface area contributed by atoms with Gasteiger partial charge in [0.2, 0.25) is 0 Å². The number of hydrogen-bond acceptors (Lipinski definition) is 4. The molecule has 3 aromatic rings. The molecule has 1 amide bonds. The molecule has 0 saturated carbocycles. The number of carbonyl (C=O) groups excluding carboxylic acids is 2. The minimum absolute atomic E-state index is 0.0218. The maximum absolute atomic E-state index is 12.7. The maximum atomic E-state index is 12.7. The van der Waals surface area contributed by atoms with Crippen molar-refractivity contribution < 1.29 is 9.59 Å².